The van der Waals surface area contributed by atoms with Crippen LogP contribution in [0.15, 0.2) is 121 Å². The van der Waals surface area contributed by atoms with Gasteiger partial charge in [0, 0.05) is 29.7 Å². The van der Waals surface area contributed by atoms with Gasteiger partial charge in [0.15, 0.2) is 7.14 Å². The number of rotatable bonds is 11. The molecule has 36 heavy (non-hydrogen) atoms. The van der Waals surface area contributed by atoms with Crippen molar-refractivity contribution in [3.05, 3.63) is 132 Å². The van der Waals surface area contributed by atoms with Crippen LogP contribution in [0.1, 0.15) is 31.4 Å². The first-order valence-corrected chi connectivity index (χ1v) is 14.5. The smallest absolute Gasteiger partial charge is 0.171 e. The van der Waals surface area contributed by atoms with Crippen molar-refractivity contribution in [1.82, 2.24) is 4.90 Å². The lowest BCUT2D eigenvalue weighted by atomic mass is 10.0. The second-order valence-corrected chi connectivity index (χ2v) is 12.7. The molecule has 0 radical (unpaired) electrons. The van der Waals surface area contributed by atoms with E-state index in [9.17, 15) is 5.11 Å². The topological polar surface area (TPSA) is 40.5 Å². The van der Waals surface area contributed by atoms with Crippen LogP contribution in [0.3, 0.4) is 0 Å². The Labute approximate surface area is 215 Å². The first-order chi connectivity index (χ1) is 17.5. The molecule has 186 valence electrons. The maximum Gasteiger partial charge on any atom is 0.171 e. The second-order valence-electron chi connectivity index (χ2n) is 9.82. The van der Waals surface area contributed by atoms with Crippen LogP contribution >= 0.6 is 7.14 Å². The summed E-state index contributed by atoms with van der Waals surface area (Å²) in [7, 11) is -3.38. The van der Waals surface area contributed by atoms with E-state index in [4.69, 9.17) is 0 Å². The van der Waals surface area contributed by atoms with Gasteiger partial charge in [-0.05, 0) is 23.5 Å². The summed E-state index contributed by atoms with van der Waals surface area (Å²) in [6.45, 7) is 5.65. The highest BCUT2D eigenvalue weighted by molar-refractivity contribution is 7.79. The molecule has 0 aliphatic rings. The van der Waals surface area contributed by atoms with Gasteiger partial charge < -0.3 is 9.67 Å². The molecular weight excluding hydrogens is 461 g/mol. The molecule has 0 unspecified atom stereocenters. The molecule has 1 N–H and O–H groups in total. The fraction of sp³-hybridized carbons (Fsp3) is 0.250. The third-order valence-corrected chi connectivity index (χ3v) is 9.85. The number of hydrogen-bond acceptors (Lipinski definition) is 3. The van der Waals surface area contributed by atoms with Crippen LogP contribution < -0.4 is 10.6 Å². The van der Waals surface area contributed by atoms with Crippen molar-refractivity contribution < 1.29 is 9.67 Å². The minimum absolute atomic E-state index is 0.309. The molecule has 4 heteroatoms. The number of aliphatic hydroxyl groups excluding tert-OH is 1. The molecule has 0 saturated heterocycles. The molecule has 0 fully saturated rings. The summed E-state index contributed by atoms with van der Waals surface area (Å²) in [5.41, 5.74) is 2.34. The van der Waals surface area contributed by atoms with Crippen LogP contribution in [0.4, 0.5) is 0 Å². The van der Waals surface area contributed by atoms with Gasteiger partial charge in [0.25, 0.3) is 0 Å². The Morgan fingerprint density at radius 3 is 1.36 bits per heavy atom. The van der Waals surface area contributed by atoms with E-state index in [1.165, 1.54) is 11.1 Å². The summed E-state index contributed by atoms with van der Waals surface area (Å²) in [5, 5.41) is 13.6. The third-order valence-electron chi connectivity index (χ3n) is 6.64. The Bertz CT molecular complexity index is 1150. The zero-order valence-corrected chi connectivity index (χ0v) is 22.0. The Hall–Kier alpha value is -2.97. The molecule has 4 rings (SSSR count). The van der Waals surface area contributed by atoms with Crippen LogP contribution in [-0.2, 0) is 17.7 Å². The molecular formula is C32H36NO2P. The van der Waals surface area contributed by atoms with Crippen molar-refractivity contribution in [2.45, 2.75) is 45.2 Å². The standard InChI is InChI=1S/C32H36NO2P/c1-26(2)23-31(33(24-27-15-7-3-8-16-27)25-28-17-9-4-10-18-28)32(34)36(35,29-19-11-5-12-20-29)30-21-13-6-14-22-30/h3-22,26,31-32,34H,23-25H2,1-2H3/t31-,32-/m0/s1. The Morgan fingerprint density at radius 2 is 1.00 bits per heavy atom. The highest BCUT2D eigenvalue weighted by atomic mass is 31.2. The van der Waals surface area contributed by atoms with Gasteiger partial charge in [-0.3, -0.25) is 4.90 Å². The maximum absolute atomic E-state index is 15.1. The lowest BCUT2D eigenvalue weighted by Gasteiger charge is -2.39. The summed E-state index contributed by atoms with van der Waals surface area (Å²) in [4.78, 5) is 2.31. The fourth-order valence-corrected chi connectivity index (χ4v) is 7.80. The van der Waals surface area contributed by atoms with Gasteiger partial charge >= 0.3 is 0 Å². The van der Waals surface area contributed by atoms with Gasteiger partial charge in [-0.25, -0.2) is 0 Å². The fourth-order valence-electron chi connectivity index (χ4n) is 4.86. The first kappa shape index (κ1) is 26.1. The summed E-state index contributed by atoms with van der Waals surface area (Å²) in [5.74, 6) is -0.740. The van der Waals surface area contributed by atoms with Crippen LogP contribution in [0.5, 0.6) is 0 Å². The quantitative estimate of drug-likeness (QED) is 0.243. The Morgan fingerprint density at radius 1 is 0.639 bits per heavy atom. The normalized spacial score (nSPS) is 13.6. The molecule has 4 aromatic rings. The molecule has 0 aliphatic heterocycles. The van der Waals surface area contributed by atoms with Crippen molar-refractivity contribution in [3.8, 4) is 0 Å². The summed E-state index contributed by atoms with van der Waals surface area (Å²) < 4.78 is 15.1. The molecule has 3 nitrogen and oxygen atoms in total. The highest BCUT2D eigenvalue weighted by Gasteiger charge is 2.42. The van der Waals surface area contributed by atoms with E-state index in [1.54, 1.807) is 0 Å². The lowest BCUT2D eigenvalue weighted by Crippen LogP contribution is -2.46. The van der Waals surface area contributed by atoms with Gasteiger partial charge in [0.2, 0.25) is 0 Å². The molecule has 0 saturated carbocycles. The maximum atomic E-state index is 15.1. The van der Waals surface area contributed by atoms with Crippen LogP contribution in [0.25, 0.3) is 0 Å². The van der Waals surface area contributed by atoms with E-state index in [-0.39, 0.29) is 6.04 Å². The molecule has 0 spiro atoms. The van der Waals surface area contributed by atoms with Gasteiger partial charge in [0.1, 0.15) is 5.85 Å². The van der Waals surface area contributed by atoms with Crippen molar-refractivity contribution >= 4 is 17.8 Å². The molecule has 0 bridgehead atoms. The minimum atomic E-state index is -3.38. The first-order valence-electron chi connectivity index (χ1n) is 12.7. The Kier molecular flexibility index (Phi) is 8.93. The SMILES string of the molecule is CC(C)C[C@@H]([C@@H](O)P(=O)(c1ccccc1)c1ccccc1)N(Cc1ccccc1)Cc1ccccc1. The highest BCUT2D eigenvalue weighted by Crippen LogP contribution is 2.50. The molecule has 0 aromatic heterocycles. The van der Waals surface area contributed by atoms with E-state index in [0.717, 1.165) is 6.42 Å². The Balaban J connectivity index is 1.81. The number of nitrogens with zero attached hydrogens (tertiary/aromatic N) is 1. The molecule has 4 aromatic carbocycles. The van der Waals surface area contributed by atoms with E-state index in [1.807, 2.05) is 97.1 Å². The monoisotopic (exact) mass is 497 g/mol. The molecule has 2 atom stereocenters. The van der Waals surface area contributed by atoms with Crippen molar-refractivity contribution in [3.63, 3.8) is 0 Å². The minimum Gasteiger partial charge on any atom is -0.383 e. The number of benzene rings is 4. The van der Waals surface area contributed by atoms with Gasteiger partial charge in [-0.2, -0.15) is 0 Å². The zero-order chi connectivity index (χ0) is 25.4. The molecule has 0 amide bonds. The van der Waals surface area contributed by atoms with Crippen LogP contribution in [-0.4, -0.2) is 21.9 Å². The van der Waals surface area contributed by atoms with Gasteiger partial charge in [-0.15, -0.1) is 0 Å². The number of hydrogen-bond donors (Lipinski definition) is 1. The van der Waals surface area contributed by atoms with Gasteiger partial charge in [0.05, 0.1) is 0 Å². The van der Waals surface area contributed by atoms with E-state index in [2.05, 4.69) is 43.0 Å². The van der Waals surface area contributed by atoms with Crippen molar-refractivity contribution in [2.24, 2.45) is 5.92 Å². The summed E-state index contributed by atoms with van der Waals surface area (Å²) in [6, 6.07) is 39.4. The predicted molar refractivity (Wildman–Crippen MR) is 151 cm³/mol. The second kappa shape index (κ2) is 12.3. The van der Waals surface area contributed by atoms with Crippen LogP contribution in [0.2, 0.25) is 0 Å². The molecule has 0 heterocycles. The van der Waals surface area contributed by atoms with Crippen molar-refractivity contribution in [1.29, 1.82) is 0 Å². The van der Waals surface area contributed by atoms with E-state index in [0.29, 0.717) is 29.6 Å². The van der Waals surface area contributed by atoms with E-state index < -0.39 is 13.0 Å². The van der Waals surface area contributed by atoms with E-state index >= 15 is 4.57 Å². The predicted octanol–water partition coefficient (Wildman–Crippen LogP) is 6.44. The number of aliphatic hydroxyl groups is 1. The summed E-state index contributed by atoms with van der Waals surface area (Å²) >= 11 is 0. The van der Waals surface area contributed by atoms with Crippen LogP contribution in [0, 0.1) is 5.92 Å². The molecule has 0 aliphatic carbocycles. The van der Waals surface area contributed by atoms with Gasteiger partial charge in [-0.1, -0.05) is 135 Å². The average Bonchev–Trinajstić information content (AvgIpc) is 2.92. The largest absolute Gasteiger partial charge is 0.383 e. The lowest BCUT2D eigenvalue weighted by molar-refractivity contribution is 0.0705. The third kappa shape index (κ3) is 6.23. The zero-order valence-electron chi connectivity index (χ0n) is 21.2. The average molecular weight is 498 g/mol. The summed E-state index contributed by atoms with van der Waals surface area (Å²) in [6.07, 6.45) is 0.727. The van der Waals surface area contributed by atoms with Crippen molar-refractivity contribution in [2.75, 3.05) is 0 Å².